The molecule has 3 aliphatic rings. The largest absolute Gasteiger partial charge is 0.392 e. The summed E-state index contributed by atoms with van der Waals surface area (Å²) in [6, 6.07) is 0.0741. The molecule has 9 heteroatoms. The fraction of sp³-hybridized carbons (Fsp3) is 0.842. The van der Waals surface area contributed by atoms with Crippen molar-refractivity contribution >= 4 is 17.3 Å². The molecule has 0 radical (unpaired) electrons. The second kappa shape index (κ2) is 11.7. The number of hydroxylamine groups is 2. The number of carbonyl (C=O) groups is 3. The lowest BCUT2D eigenvalue weighted by Crippen LogP contribution is -2.36. The summed E-state index contributed by atoms with van der Waals surface area (Å²) in [6.07, 6.45) is 2.09. The van der Waals surface area contributed by atoms with Crippen LogP contribution in [0.25, 0.3) is 0 Å². The summed E-state index contributed by atoms with van der Waals surface area (Å²) < 4.78 is 0. The normalized spacial score (nSPS) is 31.0. The smallest absolute Gasteiger partial charge is 0.149 e. The molecule has 3 rings (SSSR count). The summed E-state index contributed by atoms with van der Waals surface area (Å²) >= 11 is 0. The Morgan fingerprint density at radius 1 is 0.929 bits per heavy atom. The van der Waals surface area contributed by atoms with E-state index in [1.54, 1.807) is 32.9 Å². The molecule has 9 nitrogen and oxygen atoms in total. The second-order valence-electron chi connectivity index (χ2n) is 7.68. The highest BCUT2D eigenvalue weighted by Crippen LogP contribution is 2.15. The summed E-state index contributed by atoms with van der Waals surface area (Å²) in [5, 5.41) is 12.6. The molecule has 3 aliphatic heterocycles. The van der Waals surface area contributed by atoms with E-state index in [4.69, 9.17) is 9.94 Å². The molecule has 0 bridgehead atoms. The first-order valence-corrected chi connectivity index (χ1v) is 9.76. The minimum Gasteiger partial charge on any atom is -0.392 e. The molecule has 0 aromatic heterocycles. The average molecular weight is 401 g/mol. The molecule has 0 spiro atoms. The Labute approximate surface area is 167 Å². The molecule has 0 saturated carbocycles. The van der Waals surface area contributed by atoms with Gasteiger partial charge in [0.1, 0.15) is 17.3 Å². The molecule has 3 heterocycles. The van der Waals surface area contributed by atoms with Crippen LogP contribution in [0.5, 0.6) is 0 Å². The maximum Gasteiger partial charge on any atom is 0.149 e. The Balaban J connectivity index is 0.000000210. The highest BCUT2D eigenvalue weighted by atomic mass is 16.7. The van der Waals surface area contributed by atoms with Crippen LogP contribution < -0.4 is 5.43 Å². The lowest BCUT2D eigenvalue weighted by Gasteiger charge is -2.14. The molecule has 162 valence electrons. The van der Waals surface area contributed by atoms with Gasteiger partial charge in [-0.2, -0.15) is 5.06 Å². The van der Waals surface area contributed by atoms with E-state index in [2.05, 4.69) is 5.43 Å². The van der Waals surface area contributed by atoms with Crippen LogP contribution in [0, 0.1) is 0 Å². The monoisotopic (exact) mass is 400 g/mol. The number of hydrogen-bond donors (Lipinski definition) is 2. The first-order valence-electron chi connectivity index (χ1n) is 9.76. The average Bonchev–Trinajstić information content (AvgIpc) is 3.28. The number of aliphatic hydroxyl groups excluding tert-OH is 1. The van der Waals surface area contributed by atoms with Crippen LogP contribution in [0.4, 0.5) is 0 Å². The fourth-order valence-corrected chi connectivity index (χ4v) is 3.65. The number of likely N-dealkylation sites (tertiary alicyclic amines) is 1. The van der Waals surface area contributed by atoms with Crippen molar-refractivity contribution in [1.29, 1.82) is 0 Å². The molecular formula is C19H36N4O5. The van der Waals surface area contributed by atoms with Crippen molar-refractivity contribution in [1.82, 2.24) is 20.4 Å². The molecule has 28 heavy (non-hydrogen) atoms. The quantitative estimate of drug-likeness (QED) is 0.657. The van der Waals surface area contributed by atoms with E-state index in [0.29, 0.717) is 19.6 Å². The molecule has 4 unspecified atom stereocenters. The van der Waals surface area contributed by atoms with Gasteiger partial charge >= 0.3 is 0 Å². The number of likely N-dealkylation sites (N-methyl/N-ethyl adjacent to an activating group) is 3. The van der Waals surface area contributed by atoms with Crippen LogP contribution in [0.3, 0.4) is 0 Å². The fourth-order valence-electron chi connectivity index (χ4n) is 3.65. The predicted octanol–water partition coefficient (Wildman–Crippen LogP) is -0.364. The van der Waals surface area contributed by atoms with E-state index >= 15 is 0 Å². The van der Waals surface area contributed by atoms with Crippen molar-refractivity contribution in [2.75, 3.05) is 40.8 Å². The minimum absolute atomic E-state index is 0.00463. The maximum absolute atomic E-state index is 10.8. The lowest BCUT2D eigenvalue weighted by molar-refractivity contribution is -0.139. The zero-order valence-corrected chi connectivity index (χ0v) is 18.0. The van der Waals surface area contributed by atoms with Gasteiger partial charge in [-0.25, -0.2) is 5.01 Å². The minimum atomic E-state index is -0.307. The van der Waals surface area contributed by atoms with Gasteiger partial charge in [0.15, 0.2) is 0 Å². The third kappa shape index (κ3) is 7.65. The van der Waals surface area contributed by atoms with Crippen LogP contribution >= 0.6 is 0 Å². The molecule has 3 fully saturated rings. The first-order chi connectivity index (χ1) is 13.0. The number of β-amino-alcohol motifs (C(OH)–C–C–N with tert-alkyl or cyclic N) is 1. The number of hydrogen-bond acceptors (Lipinski definition) is 9. The Hall–Kier alpha value is -1.23. The zero-order chi connectivity index (χ0) is 21.4. The van der Waals surface area contributed by atoms with E-state index in [0.717, 1.165) is 19.4 Å². The van der Waals surface area contributed by atoms with E-state index in [1.807, 2.05) is 24.0 Å². The van der Waals surface area contributed by atoms with E-state index in [1.165, 1.54) is 0 Å². The molecule has 0 aliphatic carbocycles. The third-order valence-electron chi connectivity index (χ3n) is 5.31. The number of ketones is 3. The van der Waals surface area contributed by atoms with Gasteiger partial charge in [-0.3, -0.25) is 29.5 Å². The van der Waals surface area contributed by atoms with E-state index in [-0.39, 0.29) is 41.6 Å². The van der Waals surface area contributed by atoms with Gasteiger partial charge in [-0.15, -0.1) is 0 Å². The van der Waals surface area contributed by atoms with Crippen molar-refractivity contribution in [2.45, 2.75) is 64.3 Å². The van der Waals surface area contributed by atoms with Gasteiger partial charge in [0, 0.05) is 27.2 Å². The Bertz CT molecular complexity index is 514. The molecule has 2 N–H and O–H groups in total. The van der Waals surface area contributed by atoms with Crippen LogP contribution in [0.1, 0.15) is 40.0 Å². The number of hydrazine groups is 1. The molecular weight excluding hydrogens is 364 g/mol. The van der Waals surface area contributed by atoms with Crippen molar-refractivity contribution in [2.24, 2.45) is 0 Å². The zero-order valence-electron chi connectivity index (χ0n) is 18.0. The van der Waals surface area contributed by atoms with Crippen LogP contribution in [-0.4, -0.2) is 102 Å². The van der Waals surface area contributed by atoms with Crippen molar-refractivity contribution < 1.29 is 24.3 Å². The highest BCUT2D eigenvalue weighted by Gasteiger charge is 2.30. The number of carbonyl (C=O) groups excluding carboxylic acids is 3. The predicted molar refractivity (Wildman–Crippen MR) is 105 cm³/mol. The molecule has 0 amide bonds. The summed E-state index contributed by atoms with van der Waals surface area (Å²) in [5.41, 5.74) is 3.06. The number of Topliss-reactive ketones (excluding diaryl/α,β-unsaturated/α-hetero) is 3. The Kier molecular flexibility index (Phi) is 10.4. The maximum atomic E-state index is 10.8. The Morgan fingerprint density at radius 3 is 1.71 bits per heavy atom. The topological polar surface area (TPSA) is 102 Å². The first kappa shape index (κ1) is 24.8. The SMILES string of the molecule is CC(=O)C1CC(O)CN1C.CC(=O)C1CCNN1C.CC(=O)C1CCON1C. The summed E-state index contributed by atoms with van der Waals surface area (Å²) in [4.78, 5) is 39.3. The Morgan fingerprint density at radius 2 is 1.50 bits per heavy atom. The number of nitrogens with zero attached hydrogens (tertiary/aromatic N) is 3. The van der Waals surface area contributed by atoms with Crippen LogP contribution in [0.15, 0.2) is 0 Å². The molecule has 0 aromatic rings. The third-order valence-corrected chi connectivity index (χ3v) is 5.31. The second-order valence-corrected chi connectivity index (χ2v) is 7.68. The van der Waals surface area contributed by atoms with Crippen LogP contribution in [0.2, 0.25) is 0 Å². The van der Waals surface area contributed by atoms with Crippen molar-refractivity contribution in [3.63, 3.8) is 0 Å². The number of rotatable bonds is 3. The number of aliphatic hydroxyl groups is 1. The lowest BCUT2D eigenvalue weighted by atomic mass is 10.1. The standard InChI is InChI=1S/C7H13NO2.C6H12N2O.C6H11NO2/c1-5(9)7-3-6(10)4-8(7)2;1-5(9)6-3-4-7-8(6)2;1-5(8)6-3-4-9-7(6)2/h6-7,10H,3-4H2,1-2H3;6-7H,3-4H2,1-2H3;6H,3-4H2,1-2H3. The van der Waals surface area contributed by atoms with Gasteiger partial charge in [-0.1, -0.05) is 0 Å². The molecule has 3 saturated heterocycles. The summed E-state index contributed by atoms with van der Waals surface area (Å²) in [6.45, 7) is 7.04. The van der Waals surface area contributed by atoms with Gasteiger partial charge in [0.05, 0.1) is 30.8 Å². The van der Waals surface area contributed by atoms with Crippen LogP contribution in [-0.2, 0) is 19.2 Å². The van der Waals surface area contributed by atoms with Gasteiger partial charge in [0.25, 0.3) is 0 Å². The van der Waals surface area contributed by atoms with Gasteiger partial charge in [0.2, 0.25) is 0 Å². The van der Waals surface area contributed by atoms with E-state index < -0.39 is 0 Å². The van der Waals surface area contributed by atoms with Gasteiger partial charge < -0.3 is 5.11 Å². The number of nitrogens with one attached hydrogen (secondary N) is 1. The molecule has 0 aromatic carbocycles. The highest BCUT2D eigenvalue weighted by molar-refractivity contribution is 5.82. The summed E-state index contributed by atoms with van der Waals surface area (Å²) in [5.74, 6) is 0.594. The van der Waals surface area contributed by atoms with Gasteiger partial charge in [-0.05, 0) is 47.1 Å². The van der Waals surface area contributed by atoms with Crippen molar-refractivity contribution in [3.8, 4) is 0 Å². The van der Waals surface area contributed by atoms with E-state index in [9.17, 15) is 14.4 Å². The summed E-state index contributed by atoms with van der Waals surface area (Å²) in [7, 11) is 5.56. The van der Waals surface area contributed by atoms with Crippen molar-refractivity contribution in [3.05, 3.63) is 0 Å². The molecule has 4 atom stereocenters.